The molecule has 0 saturated heterocycles. The lowest BCUT2D eigenvalue weighted by Gasteiger charge is -2.29. The van der Waals surface area contributed by atoms with Crippen molar-refractivity contribution < 1.29 is 22.7 Å². The van der Waals surface area contributed by atoms with E-state index >= 15 is 0 Å². The number of ether oxygens (including phenoxy) is 1. The van der Waals surface area contributed by atoms with Crippen molar-refractivity contribution in [3.63, 3.8) is 0 Å². The Hall–Kier alpha value is -2.03. The molecule has 0 unspecified atom stereocenters. The summed E-state index contributed by atoms with van der Waals surface area (Å²) in [5.74, 6) is -0.276. The average Bonchev–Trinajstić information content (AvgIpc) is 2.71. The molecule has 2 aromatic carbocycles. The smallest absolute Gasteiger partial charge is 0.307 e. The molecule has 9 heteroatoms. The minimum absolute atomic E-state index is 0.163. The Morgan fingerprint density at radius 1 is 1.20 bits per heavy atom. The number of fused-ring (bicyclic) bond motifs is 1. The van der Waals surface area contributed by atoms with Gasteiger partial charge in [-0.25, -0.2) is 8.42 Å². The number of benzene rings is 2. The van der Waals surface area contributed by atoms with Crippen molar-refractivity contribution in [3.8, 4) is 0 Å². The molecule has 2 aromatic rings. The molecule has 0 radical (unpaired) electrons. The SMILES string of the molecule is CS(=O)(=O)N1CCCc2cc(C(=O)COC(=O)CCSc3ccccc3Cl)ccc21. The molecule has 0 N–H and O–H groups in total. The first-order chi connectivity index (χ1) is 14.3. The molecule has 6 nitrogen and oxygen atoms in total. The number of ketones is 1. The molecule has 0 aromatic heterocycles. The van der Waals surface area contributed by atoms with Crippen molar-refractivity contribution in [1.82, 2.24) is 0 Å². The van der Waals surface area contributed by atoms with Gasteiger partial charge in [-0.1, -0.05) is 23.7 Å². The number of sulfonamides is 1. The molecule has 0 atom stereocenters. The van der Waals surface area contributed by atoms with Crippen LogP contribution in [0.25, 0.3) is 0 Å². The fraction of sp³-hybridized carbons (Fsp3) is 0.333. The van der Waals surface area contributed by atoms with Crippen LogP contribution in [-0.4, -0.2) is 45.3 Å². The van der Waals surface area contributed by atoms with Crippen LogP contribution in [-0.2, 0) is 26.0 Å². The maximum absolute atomic E-state index is 12.4. The molecular weight excluding hydrogens is 446 g/mol. The predicted molar refractivity (Wildman–Crippen MR) is 119 cm³/mol. The number of aryl methyl sites for hydroxylation is 1. The Morgan fingerprint density at radius 2 is 1.97 bits per heavy atom. The van der Waals surface area contributed by atoms with Crippen molar-refractivity contribution in [2.75, 3.05) is 29.5 Å². The van der Waals surface area contributed by atoms with E-state index in [1.54, 1.807) is 24.3 Å². The summed E-state index contributed by atoms with van der Waals surface area (Å²) in [5.41, 5.74) is 1.82. The van der Waals surface area contributed by atoms with Gasteiger partial charge in [0.25, 0.3) is 0 Å². The number of nitrogens with zero attached hydrogens (tertiary/aromatic N) is 1. The quantitative estimate of drug-likeness (QED) is 0.332. The summed E-state index contributed by atoms with van der Waals surface area (Å²) in [6.07, 6.45) is 2.72. The highest BCUT2D eigenvalue weighted by molar-refractivity contribution is 7.99. The summed E-state index contributed by atoms with van der Waals surface area (Å²) in [6.45, 7) is 0.0904. The van der Waals surface area contributed by atoms with E-state index in [0.29, 0.717) is 41.4 Å². The molecule has 1 aliphatic heterocycles. The van der Waals surface area contributed by atoms with Crippen LogP contribution in [0.5, 0.6) is 0 Å². The third-order valence-electron chi connectivity index (χ3n) is 4.64. The fourth-order valence-corrected chi connectivity index (χ4v) is 5.35. The van der Waals surface area contributed by atoms with E-state index in [9.17, 15) is 18.0 Å². The number of carbonyl (C=O) groups excluding carboxylic acids is 2. The number of hydrogen-bond donors (Lipinski definition) is 0. The minimum atomic E-state index is -3.36. The highest BCUT2D eigenvalue weighted by atomic mass is 35.5. The van der Waals surface area contributed by atoms with Gasteiger partial charge in [-0.2, -0.15) is 0 Å². The molecule has 30 heavy (non-hydrogen) atoms. The monoisotopic (exact) mass is 467 g/mol. The summed E-state index contributed by atoms with van der Waals surface area (Å²) in [4.78, 5) is 25.3. The van der Waals surface area contributed by atoms with Gasteiger partial charge in [0.15, 0.2) is 12.4 Å². The zero-order chi connectivity index (χ0) is 21.7. The number of esters is 1. The molecule has 0 fully saturated rings. The summed E-state index contributed by atoms with van der Waals surface area (Å²) in [7, 11) is -3.36. The number of hydrogen-bond acceptors (Lipinski definition) is 6. The molecule has 0 aliphatic carbocycles. The van der Waals surface area contributed by atoms with Gasteiger partial charge < -0.3 is 4.74 Å². The van der Waals surface area contributed by atoms with E-state index in [2.05, 4.69) is 0 Å². The first-order valence-corrected chi connectivity index (χ1v) is 12.6. The topological polar surface area (TPSA) is 80.8 Å². The number of halogens is 1. The van der Waals surface area contributed by atoms with E-state index < -0.39 is 16.0 Å². The number of thioether (sulfide) groups is 1. The molecule has 0 saturated carbocycles. The standard InChI is InChI=1S/C21H22ClNO5S2/c1-30(26,27)23-11-4-5-15-13-16(8-9-18(15)23)19(24)14-28-21(25)10-12-29-20-7-3-2-6-17(20)22/h2-3,6-9,13H,4-5,10-12,14H2,1H3. The van der Waals surface area contributed by atoms with Crippen LogP contribution in [0.2, 0.25) is 5.02 Å². The van der Waals surface area contributed by atoms with Crippen LogP contribution in [0.3, 0.4) is 0 Å². The first kappa shape index (κ1) is 22.7. The highest BCUT2D eigenvalue weighted by Crippen LogP contribution is 2.30. The number of rotatable bonds is 8. The average molecular weight is 468 g/mol. The summed E-state index contributed by atoms with van der Waals surface area (Å²) in [5, 5.41) is 0.632. The maximum Gasteiger partial charge on any atom is 0.307 e. The van der Waals surface area contributed by atoms with Crippen LogP contribution in [0, 0.1) is 0 Å². The van der Waals surface area contributed by atoms with Gasteiger partial charge in [0.05, 0.1) is 23.4 Å². The fourth-order valence-electron chi connectivity index (χ4n) is 3.19. The van der Waals surface area contributed by atoms with Crippen LogP contribution in [0.15, 0.2) is 47.4 Å². The number of anilines is 1. The molecule has 1 heterocycles. The molecule has 0 bridgehead atoms. The Bertz CT molecular complexity index is 1060. The third-order valence-corrected chi connectivity index (χ3v) is 7.34. The van der Waals surface area contributed by atoms with Gasteiger partial charge in [0.1, 0.15) is 0 Å². The predicted octanol–water partition coefficient (Wildman–Crippen LogP) is 3.96. The molecular formula is C21H22ClNO5S2. The van der Waals surface area contributed by atoms with Gasteiger partial charge in [-0.15, -0.1) is 11.8 Å². The van der Waals surface area contributed by atoms with E-state index in [-0.39, 0.29) is 18.8 Å². The molecule has 0 spiro atoms. The summed E-state index contributed by atoms with van der Waals surface area (Å²) >= 11 is 7.53. The minimum Gasteiger partial charge on any atom is -0.457 e. The van der Waals surface area contributed by atoms with Crippen molar-refractivity contribution >= 4 is 50.8 Å². The van der Waals surface area contributed by atoms with Gasteiger partial charge in [-0.05, 0) is 48.7 Å². The Labute approximate surface area is 185 Å². The molecule has 3 rings (SSSR count). The zero-order valence-corrected chi connectivity index (χ0v) is 18.9. The van der Waals surface area contributed by atoms with Crippen molar-refractivity contribution in [3.05, 3.63) is 58.6 Å². The van der Waals surface area contributed by atoms with Crippen LogP contribution >= 0.6 is 23.4 Å². The molecule has 0 amide bonds. The molecule has 160 valence electrons. The van der Waals surface area contributed by atoms with E-state index in [0.717, 1.165) is 10.5 Å². The Kier molecular flexibility index (Phi) is 7.44. The zero-order valence-electron chi connectivity index (χ0n) is 16.5. The van der Waals surface area contributed by atoms with Gasteiger partial charge in [0, 0.05) is 22.8 Å². The highest BCUT2D eigenvalue weighted by Gasteiger charge is 2.24. The second kappa shape index (κ2) is 9.85. The van der Waals surface area contributed by atoms with Gasteiger partial charge >= 0.3 is 5.97 Å². The van der Waals surface area contributed by atoms with E-state index in [1.807, 2.05) is 18.2 Å². The lowest BCUT2D eigenvalue weighted by atomic mass is 9.99. The summed E-state index contributed by atoms with van der Waals surface area (Å²) in [6, 6.07) is 12.3. The van der Waals surface area contributed by atoms with Crippen molar-refractivity contribution in [1.29, 1.82) is 0 Å². The van der Waals surface area contributed by atoms with Crippen molar-refractivity contribution in [2.45, 2.75) is 24.2 Å². The van der Waals surface area contributed by atoms with E-state index in [4.69, 9.17) is 16.3 Å². The maximum atomic E-state index is 12.4. The Morgan fingerprint density at radius 3 is 2.70 bits per heavy atom. The Balaban J connectivity index is 1.52. The van der Waals surface area contributed by atoms with Crippen molar-refractivity contribution in [2.24, 2.45) is 0 Å². The van der Waals surface area contributed by atoms with Crippen LogP contribution in [0.4, 0.5) is 5.69 Å². The van der Waals surface area contributed by atoms with Crippen LogP contribution < -0.4 is 4.31 Å². The largest absolute Gasteiger partial charge is 0.457 e. The van der Waals surface area contributed by atoms with Crippen LogP contribution in [0.1, 0.15) is 28.8 Å². The van der Waals surface area contributed by atoms with E-state index in [1.165, 1.54) is 22.3 Å². The second-order valence-corrected chi connectivity index (χ2v) is 10.3. The second-order valence-electron chi connectivity index (χ2n) is 6.89. The normalized spacial score (nSPS) is 13.6. The number of Topliss-reactive ketones (excluding diaryl/α,β-unsaturated/α-hetero) is 1. The summed E-state index contributed by atoms with van der Waals surface area (Å²) < 4.78 is 30.3. The molecule has 1 aliphatic rings. The number of carbonyl (C=O) groups is 2. The lowest BCUT2D eigenvalue weighted by molar-refractivity contribution is -0.141. The van der Waals surface area contributed by atoms with Gasteiger partial charge in [-0.3, -0.25) is 13.9 Å². The first-order valence-electron chi connectivity index (χ1n) is 9.42. The third kappa shape index (κ3) is 5.77. The lowest BCUT2D eigenvalue weighted by Crippen LogP contribution is -2.34. The van der Waals surface area contributed by atoms with Gasteiger partial charge in [0.2, 0.25) is 10.0 Å².